The number of hydrogen-bond acceptors (Lipinski definition) is 2. The average molecular weight is 275 g/mol. The van der Waals surface area contributed by atoms with Crippen molar-refractivity contribution in [3.05, 3.63) is 29.8 Å². The summed E-state index contributed by atoms with van der Waals surface area (Å²) in [5.74, 6) is 1.96. The van der Waals surface area contributed by atoms with Crippen LogP contribution in [0.5, 0.6) is 5.75 Å². The van der Waals surface area contributed by atoms with Gasteiger partial charge in [0.2, 0.25) is 0 Å². The van der Waals surface area contributed by atoms with Gasteiger partial charge in [0.05, 0.1) is 6.61 Å². The molecule has 1 heterocycles. The second kappa shape index (κ2) is 8.31. The van der Waals surface area contributed by atoms with Crippen molar-refractivity contribution in [2.24, 2.45) is 5.92 Å². The monoisotopic (exact) mass is 275 g/mol. The van der Waals surface area contributed by atoms with E-state index in [1.165, 1.54) is 44.5 Å². The third-order valence-corrected chi connectivity index (χ3v) is 4.22. The van der Waals surface area contributed by atoms with Crippen LogP contribution < -0.4 is 4.74 Å². The molecule has 2 heteroatoms. The van der Waals surface area contributed by atoms with Gasteiger partial charge in [0, 0.05) is 6.54 Å². The van der Waals surface area contributed by atoms with E-state index in [1.807, 2.05) is 0 Å². The second-order valence-electron chi connectivity index (χ2n) is 6.06. The molecule has 1 aliphatic heterocycles. The topological polar surface area (TPSA) is 12.5 Å². The van der Waals surface area contributed by atoms with Crippen LogP contribution in [0.25, 0.3) is 0 Å². The van der Waals surface area contributed by atoms with Crippen LogP contribution in [-0.4, -0.2) is 31.1 Å². The maximum atomic E-state index is 5.92. The molecule has 1 aromatic carbocycles. The van der Waals surface area contributed by atoms with E-state index < -0.39 is 0 Å². The van der Waals surface area contributed by atoms with Crippen molar-refractivity contribution < 1.29 is 4.74 Å². The summed E-state index contributed by atoms with van der Waals surface area (Å²) in [4.78, 5) is 2.62. The number of rotatable bonds is 7. The van der Waals surface area contributed by atoms with E-state index in [9.17, 15) is 0 Å². The van der Waals surface area contributed by atoms with Gasteiger partial charge in [0.15, 0.2) is 0 Å². The molecular formula is C18H29NO. The summed E-state index contributed by atoms with van der Waals surface area (Å²) in [5.41, 5.74) is 1.32. The summed E-state index contributed by atoms with van der Waals surface area (Å²) in [6.07, 6.45) is 6.24. The molecule has 1 saturated heterocycles. The van der Waals surface area contributed by atoms with Crippen molar-refractivity contribution in [2.75, 3.05) is 26.2 Å². The van der Waals surface area contributed by atoms with Gasteiger partial charge in [-0.15, -0.1) is 0 Å². The molecule has 112 valence electrons. The molecule has 0 spiro atoms. The Balaban J connectivity index is 1.61. The minimum absolute atomic E-state index is 0.848. The number of piperidine rings is 1. The SMILES string of the molecule is CCc1ccccc1OCCCCN1CCCC(C)C1. The van der Waals surface area contributed by atoms with Crippen molar-refractivity contribution >= 4 is 0 Å². The minimum Gasteiger partial charge on any atom is -0.493 e. The summed E-state index contributed by atoms with van der Waals surface area (Å²) in [6.45, 7) is 9.23. The summed E-state index contributed by atoms with van der Waals surface area (Å²) in [7, 11) is 0. The van der Waals surface area contributed by atoms with Gasteiger partial charge in [-0.3, -0.25) is 0 Å². The molecule has 2 rings (SSSR count). The fraction of sp³-hybridized carbons (Fsp3) is 0.667. The first-order chi connectivity index (χ1) is 9.79. The van der Waals surface area contributed by atoms with Crippen LogP contribution in [0.4, 0.5) is 0 Å². The van der Waals surface area contributed by atoms with E-state index in [1.54, 1.807) is 0 Å². The maximum Gasteiger partial charge on any atom is 0.122 e. The molecule has 1 fully saturated rings. The zero-order valence-corrected chi connectivity index (χ0v) is 13.1. The van der Waals surface area contributed by atoms with Crippen LogP contribution in [0, 0.1) is 5.92 Å². The maximum absolute atomic E-state index is 5.92. The summed E-state index contributed by atoms with van der Waals surface area (Å²) < 4.78 is 5.92. The molecule has 0 amide bonds. The van der Waals surface area contributed by atoms with E-state index in [4.69, 9.17) is 4.74 Å². The predicted octanol–water partition coefficient (Wildman–Crippen LogP) is 4.14. The standard InChI is InChI=1S/C18H29NO/c1-3-17-10-4-5-11-18(17)20-14-7-6-12-19-13-8-9-16(2)15-19/h4-5,10-11,16H,3,6-9,12-15H2,1-2H3. The molecule has 1 unspecified atom stereocenters. The Kier molecular flexibility index (Phi) is 6.38. The fourth-order valence-corrected chi connectivity index (χ4v) is 3.05. The molecule has 1 atom stereocenters. The van der Waals surface area contributed by atoms with E-state index >= 15 is 0 Å². The minimum atomic E-state index is 0.848. The molecule has 0 aromatic heterocycles. The van der Waals surface area contributed by atoms with E-state index in [-0.39, 0.29) is 0 Å². The Hall–Kier alpha value is -1.02. The number of benzene rings is 1. The third-order valence-electron chi connectivity index (χ3n) is 4.22. The summed E-state index contributed by atoms with van der Waals surface area (Å²) in [5, 5.41) is 0. The Labute approximate surface area is 124 Å². The Morgan fingerprint density at radius 1 is 1.25 bits per heavy atom. The number of hydrogen-bond donors (Lipinski definition) is 0. The number of para-hydroxylation sites is 1. The predicted molar refractivity (Wildman–Crippen MR) is 85.4 cm³/mol. The first kappa shape index (κ1) is 15.4. The van der Waals surface area contributed by atoms with E-state index in [0.29, 0.717) is 0 Å². The second-order valence-corrected chi connectivity index (χ2v) is 6.06. The third kappa shape index (κ3) is 4.82. The molecular weight excluding hydrogens is 246 g/mol. The lowest BCUT2D eigenvalue weighted by molar-refractivity contribution is 0.177. The first-order valence-electron chi connectivity index (χ1n) is 8.22. The smallest absolute Gasteiger partial charge is 0.122 e. The van der Waals surface area contributed by atoms with Crippen LogP contribution >= 0.6 is 0 Å². The van der Waals surface area contributed by atoms with Crippen molar-refractivity contribution in [1.82, 2.24) is 4.90 Å². The normalized spacial score (nSPS) is 20.0. The van der Waals surface area contributed by atoms with Crippen molar-refractivity contribution in [1.29, 1.82) is 0 Å². The molecule has 20 heavy (non-hydrogen) atoms. The number of aryl methyl sites for hydroxylation is 1. The highest BCUT2D eigenvalue weighted by atomic mass is 16.5. The van der Waals surface area contributed by atoms with E-state index in [2.05, 4.69) is 43.0 Å². The zero-order valence-electron chi connectivity index (χ0n) is 13.1. The molecule has 0 N–H and O–H groups in total. The van der Waals surface area contributed by atoms with Gasteiger partial charge in [-0.05, 0) is 62.7 Å². The lowest BCUT2D eigenvalue weighted by Crippen LogP contribution is -2.35. The molecule has 2 nitrogen and oxygen atoms in total. The summed E-state index contributed by atoms with van der Waals surface area (Å²) >= 11 is 0. The van der Waals surface area contributed by atoms with Gasteiger partial charge < -0.3 is 9.64 Å². The quantitative estimate of drug-likeness (QED) is 0.693. The molecule has 1 aromatic rings. The largest absolute Gasteiger partial charge is 0.493 e. The van der Waals surface area contributed by atoms with E-state index in [0.717, 1.165) is 31.1 Å². The van der Waals surface area contributed by atoms with Crippen molar-refractivity contribution in [3.63, 3.8) is 0 Å². The summed E-state index contributed by atoms with van der Waals surface area (Å²) in [6, 6.07) is 8.39. The van der Waals surface area contributed by atoms with Gasteiger partial charge in [-0.1, -0.05) is 32.0 Å². The van der Waals surface area contributed by atoms with Crippen LogP contribution in [-0.2, 0) is 6.42 Å². The lowest BCUT2D eigenvalue weighted by Gasteiger charge is -2.30. The van der Waals surface area contributed by atoms with Gasteiger partial charge in [-0.2, -0.15) is 0 Å². The van der Waals surface area contributed by atoms with Crippen LogP contribution in [0.3, 0.4) is 0 Å². The number of ether oxygens (including phenoxy) is 1. The Morgan fingerprint density at radius 2 is 2.10 bits per heavy atom. The highest BCUT2D eigenvalue weighted by Crippen LogP contribution is 2.19. The average Bonchev–Trinajstić information content (AvgIpc) is 2.47. The highest BCUT2D eigenvalue weighted by Gasteiger charge is 2.15. The molecule has 0 bridgehead atoms. The number of nitrogens with zero attached hydrogens (tertiary/aromatic N) is 1. The molecule has 0 saturated carbocycles. The Morgan fingerprint density at radius 3 is 2.90 bits per heavy atom. The Bertz CT molecular complexity index is 391. The van der Waals surface area contributed by atoms with Gasteiger partial charge >= 0.3 is 0 Å². The highest BCUT2D eigenvalue weighted by molar-refractivity contribution is 5.33. The number of likely N-dealkylation sites (tertiary alicyclic amines) is 1. The van der Waals surface area contributed by atoms with Crippen LogP contribution in [0.15, 0.2) is 24.3 Å². The van der Waals surface area contributed by atoms with Crippen molar-refractivity contribution in [3.8, 4) is 5.75 Å². The first-order valence-corrected chi connectivity index (χ1v) is 8.22. The molecule has 0 radical (unpaired) electrons. The zero-order chi connectivity index (χ0) is 14.2. The molecule has 0 aliphatic carbocycles. The number of unbranched alkanes of at least 4 members (excludes halogenated alkanes) is 1. The van der Waals surface area contributed by atoms with Crippen LogP contribution in [0.1, 0.15) is 45.1 Å². The van der Waals surface area contributed by atoms with Gasteiger partial charge in [0.1, 0.15) is 5.75 Å². The molecule has 1 aliphatic rings. The van der Waals surface area contributed by atoms with Crippen LogP contribution in [0.2, 0.25) is 0 Å². The lowest BCUT2D eigenvalue weighted by atomic mass is 10.0. The van der Waals surface area contributed by atoms with Gasteiger partial charge in [-0.25, -0.2) is 0 Å². The van der Waals surface area contributed by atoms with Crippen molar-refractivity contribution in [2.45, 2.75) is 46.0 Å². The fourth-order valence-electron chi connectivity index (χ4n) is 3.05. The van der Waals surface area contributed by atoms with Gasteiger partial charge in [0.25, 0.3) is 0 Å².